The minimum atomic E-state index is -0.670. The molecule has 0 radical (unpaired) electrons. The van der Waals surface area contributed by atoms with Crippen molar-refractivity contribution >= 4 is 5.91 Å². The lowest BCUT2D eigenvalue weighted by atomic mass is 10.0. The summed E-state index contributed by atoms with van der Waals surface area (Å²) in [7, 11) is 1.64. The van der Waals surface area contributed by atoms with Gasteiger partial charge in [-0.25, -0.2) is 8.78 Å². The lowest BCUT2D eigenvalue weighted by Gasteiger charge is -2.18. The summed E-state index contributed by atoms with van der Waals surface area (Å²) in [5, 5.41) is 0. The third-order valence-electron chi connectivity index (χ3n) is 2.86. The molecule has 0 bridgehead atoms. The Bertz CT molecular complexity index is 463. The van der Waals surface area contributed by atoms with Crippen LogP contribution in [0.2, 0.25) is 0 Å². The number of hydrogen-bond acceptors (Lipinski definition) is 2. The Balaban J connectivity index is 0. The van der Waals surface area contributed by atoms with Gasteiger partial charge in [-0.15, -0.1) is 0 Å². The zero-order valence-corrected chi connectivity index (χ0v) is 15.7. The third-order valence-corrected chi connectivity index (χ3v) is 2.86. The summed E-state index contributed by atoms with van der Waals surface area (Å²) in [5.74, 6) is -1.27. The number of halogens is 2. The number of benzene rings is 1. The summed E-state index contributed by atoms with van der Waals surface area (Å²) in [4.78, 5) is 12.5. The van der Waals surface area contributed by atoms with Crippen molar-refractivity contribution in [2.24, 2.45) is 0 Å². The van der Waals surface area contributed by atoms with Gasteiger partial charge in [0, 0.05) is 31.7 Å². The largest absolute Gasteiger partial charge is 0.491 e. The molecule has 0 saturated carbocycles. The zero-order valence-electron chi connectivity index (χ0n) is 15.7. The first-order valence-corrected chi connectivity index (χ1v) is 8.16. The van der Waals surface area contributed by atoms with Crippen LogP contribution >= 0.6 is 0 Å². The maximum absolute atomic E-state index is 13.7. The van der Waals surface area contributed by atoms with Gasteiger partial charge in [0.15, 0.2) is 0 Å². The summed E-state index contributed by atoms with van der Waals surface area (Å²) in [6.45, 7) is 13.6. The second-order valence-electron chi connectivity index (χ2n) is 4.74. The number of rotatable bonds is 5. The number of carbonyl (C=O) groups is 1. The van der Waals surface area contributed by atoms with Gasteiger partial charge in [-0.1, -0.05) is 41.5 Å². The highest BCUT2D eigenvalue weighted by atomic mass is 19.1. The number of nitrogens with zero attached hydrogens (tertiary/aromatic N) is 1. The summed E-state index contributed by atoms with van der Waals surface area (Å²) < 4.78 is 32.3. The van der Waals surface area contributed by atoms with E-state index in [1.807, 2.05) is 41.5 Å². The molecule has 3 nitrogen and oxygen atoms in total. The van der Waals surface area contributed by atoms with E-state index in [0.29, 0.717) is 12.1 Å². The predicted molar refractivity (Wildman–Crippen MR) is 91.9 cm³/mol. The van der Waals surface area contributed by atoms with Crippen LogP contribution in [-0.2, 0) is 4.79 Å². The van der Waals surface area contributed by atoms with E-state index in [1.54, 1.807) is 7.05 Å². The van der Waals surface area contributed by atoms with Crippen molar-refractivity contribution in [2.75, 3.05) is 20.2 Å². The first kappa shape index (κ1) is 23.6. The average molecular weight is 331 g/mol. The third kappa shape index (κ3) is 8.53. The van der Waals surface area contributed by atoms with Crippen molar-refractivity contribution < 1.29 is 18.3 Å². The van der Waals surface area contributed by atoms with Crippen molar-refractivity contribution in [3.63, 3.8) is 0 Å². The molecule has 1 amide bonds. The van der Waals surface area contributed by atoms with Gasteiger partial charge in [0.05, 0.1) is 6.54 Å². The second kappa shape index (κ2) is 12.9. The molecule has 0 heterocycles. The number of carbonyl (C=O) groups excluding carboxylic acids is 1. The Morgan fingerprint density at radius 1 is 1.17 bits per heavy atom. The summed E-state index contributed by atoms with van der Waals surface area (Å²) in [5.41, 5.74) is 0.354. The molecule has 0 spiro atoms. The van der Waals surface area contributed by atoms with E-state index in [4.69, 9.17) is 4.74 Å². The first-order chi connectivity index (χ1) is 10.8. The van der Waals surface area contributed by atoms with Crippen molar-refractivity contribution in [1.82, 2.24) is 4.90 Å². The van der Waals surface area contributed by atoms with Gasteiger partial charge < -0.3 is 9.64 Å². The quantitative estimate of drug-likeness (QED) is 0.760. The molecule has 1 rings (SSSR count). The Hall–Kier alpha value is -1.65. The molecule has 0 aromatic heterocycles. The minimum Gasteiger partial charge on any atom is -0.491 e. The van der Waals surface area contributed by atoms with Crippen molar-refractivity contribution in [3.05, 3.63) is 29.3 Å². The highest BCUT2D eigenvalue weighted by molar-refractivity contribution is 5.72. The van der Waals surface area contributed by atoms with Gasteiger partial charge >= 0.3 is 0 Å². The van der Waals surface area contributed by atoms with Crippen LogP contribution in [0.5, 0.6) is 5.75 Å². The van der Waals surface area contributed by atoms with E-state index in [1.165, 1.54) is 17.9 Å². The van der Waals surface area contributed by atoms with Crippen molar-refractivity contribution in [2.45, 2.75) is 54.4 Å². The summed E-state index contributed by atoms with van der Waals surface area (Å²) in [6.07, 6.45) is 0. The zero-order chi connectivity index (χ0) is 18.6. The van der Waals surface area contributed by atoms with Gasteiger partial charge in [0.1, 0.15) is 24.0 Å². The molecular weight excluding hydrogens is 300 g/mol. The standard InChI is InChI=1S/C14H19F2NO2.2C2H6/c1-9(2)14-12(16)7-11(15)8-13(14)19-6-5-17(4)10(3)18;2*1-2/h7-9H,5-6H2,1-4H3;2*1-2H3. The number of likely N-dealkylation sites (N-methyl/N-ethyl adjacent to an activating group) is 1. The Morgan fingerprint density at radius 2 is 1.70 bits per heavy atom. The fourth-order valence-electron chi connectivity index (χ4n) is 1.69. The molecule has 0 atom stereocenters. The number of amides is 1. The predicted octanol–water partition coefficient (Wildman–Crippen LogP) is 5.00. The smallest absolute Gasteiger partial charge is 0.219 e. The van der Waals surface area contributed by atoms with Crippen LogP contribution in [0, 0.1) is 11.6 Å². The fourth-order valence-corrected chi connectivity index (χ4v) is 1.69. The summed E-state index contributed by atoms with van der Waals surface area (Å²) >= 11 is 0. The van der Waals surface area contributed by atoms with Crippen LogP contribution in [0.15, 0.2) is 12.1 Å². The van der Waals surface area contributed by atoms with Crippen LogP contribution < -0.4 is 4.74 Å². The number of hydrogen-bond donors (Lipinski definition) is 0. The van der Waals surface area contributed by atoms with Crippen LogP contribution in [0.4, 0.5) is 8.78 Å². The molecule has 0 aliphatic rings. The van der Waals surface area contributed by atoms with E-state index >= 15 is 0 Å². The first-order valence-electron chi connectivity index (χ1n) is 8.16. The van der Waals surface area contributed by atoms with Crippen LogP contribution in [-0.4, -0.2) is 31.0 Å². The Labute approximate surface area is 139 Å². The Morgan fingerprint density at radius 3 is 2.13 bits per heavy atom. The summed E-state index contributed by atoms with van der Waals surface area (Å²) in [6, 6.07) is 2.02. The lowest BCUT2D eigenvalue weighted by Crippen LogP contribution is -2.28. The lowest BCUT2D eigenvalue weighted by molar-refractivity contribution is -0.127. The maximum atomic E-state index is 13.7. The van der Waals surface area contributed by atoms with Gasteiger partial charge in [0.25, 0.3) is 0 Å². The van der Waals surface area contributed by atoms with Gasteiger partial charge in [-0.2, -0.15) is 0 Å². The molecule has 0 fully saturated rings. The van der Waals surface area contributed by atoms with Crippen LogP contribution in [0.1, 0.15) is 59.9 Å². The molecule has 1 aromatic carbocycles. The maximum Gasteiger partial charge on any atom is 0.219 e. The van der Waals surface area contributed by atoms with Gasteiger partial charge in [0.2, 0.25) is 5.91 Å². The second-order valence-corrected chi connectivity index (χ2v) is 4.74. The van der Waals surface area contributed by atoms with Crippen molar-refractivity contribution in [3.8, 4) is 5.75 Å². The molecular formula is C18H31F2NO2. The normalized spacial score (nSPS) is 9.35. The molecule has 1 aromatic rings. The van der Waals surface area contributed by atoms with Crippen molar-refractivity contribution in [1.29, 1.82) is 0 Å². The topological polar surface area (TPSA) is 29.5 Å². The SMILES string of the molecule is CC.CC.CC(=O)N(C)CCOc1cc(F)cc(F)c1C(C)C. The highest BCUT2D eigenvalue weighted by Crippen LogP contribution is 2.30. The molecule has 23 heavy (non-hydrogen) atoms. The van der Waals surface area contributed by atoms with Crippen LogP contribution in [0.3, 0.4) is 0 Å². The van der Waals surface area contributed by atoms with E-state index in [2.05, 4.69) is 0 Å². The molecule has 0 aliphatic heterocycles. The average Bonchev–Trinajstić information content (AvgIpc) is 2.50. The minimum absolute atomic E-state index is 0.0851. The molecule has 0 N–H and O–H groups in total. The highest BCUT2D eigenvalue weighted by Gasteiger charge is 2.16. The van der Waals surface area contributed by atoms with E-state index < -0.39 is 11.6 Å². The van der Waals surface area contributed by atoms with E-state index in [-0.39, 0.29) is 24.2 Å². The molecule has 0 saturated heterocycles. The van der Waals surface area contributed by atoms with E-state index in [0.717, 1.165) is 6.07 Å². The molecule has 0 aliphatic carbocycles. The van der Waals surface area contributed by atoms with Crippen LogP contribution in [0.25, 0.3) is 0 Å². The monoisotopic (exact) mass is 331 g/mol. The number of ether oxygens (including phenoxy) is 1. The van der Waals surface area contributed by atoms with Gasteiger partial charge in [-0.05, 0) is 5.92 Å². The van der Waals surface area contributed by atoms with Gasteiger partial charge in [-0.3, -0.25) is 4.79 Å². The molecule has 0 unspecified atom stereocenters. The molecule has 5 heteroatoms. The molecule has 134 valence electrons. The Kier molecular flexibility index (Phi) is 13.2. The van der Waals surface area contributed by atoms with E-state index in [9.17, 15) is 13.6 Å². The fraction of sp³-hybridized carbons (Fsp3) is 0.611.